The van der Waals surface area contributed by atoms with Gasteiger partial charge in [-0.15, -0.1) is 24.0 Å². The van der Waals surface area contributed by atoms with Crippen molar-refractivity contribution >= 4 is 41.5 Å². The standard InChI is InChI=1S/C15H22N4O.HI/c1-16-15(17-2)18-10-11-5-3-8-13(9-11)19-14(20)12-6-4-7-12;/h3,5,8-9,12H,4,6-7,10H2,1-2H3,(H,19,20)(H2,16,17,18);1H. The smallest absolute Gasteiger partial charge is 0.227 e. The second-order valence-electron chi connectivity index (χ2n) is 4.99. The van der Waals surface area contributed by atoms with Crippen molar-refractivity contribution in [3.8, 4) is 0 Å². The Bertz CT molecular complexity index is 500. The van der Waals surface area contributed by atoms with Gasteiger partial charge in [0.25, 0.3) is 0 Å². The third-order valence-corrected chi connectivity index (χ3v) is 3.59. The molecule has 2 rings (SSSR count). The van der Waals surface area contributed by atoms with Crippen LogP contribution in [0.15, 0.2) is 29.3 Å². The van der Waals surface area contributed by atoms with E-state index in [0.717, 1.165) is 30.1 Å². The molecule has 0 bridgehead atoms. The molecular formula is C15H23IN4O. The van der Waals surface area contributed by atoms with Gasteiger partial charge < -0.3 is 16.0 Å². The maximum Gasteiger partial charge on any atom is 0.227 e. The maximum absolute atomic E-state index is 11.9. The number of hydrogen-bond acceptors (Lipinski definition) is 2. The predicted octanol–water partition coefficient (Wildman–Crippen LogP) is 2.34. The lowest BCUT2D eigenvalue weighted by molar-refractivity contribution is -0.122. The van der Waals surface area contributed by atoms with Crippen LogP contribution in [0.2, 0.25) is 0 Å². The highest BCUT2D eigenvalue weighted by Gasteiger charge is 2.25. The van der Waals surface area contributed by atoms with Crippen molar-refractivity contribution in [2.45, 2.75) is 25.8 Å². The zero-order chi connectivity index (χ0) is 14.4. The molecule has 1 amide bonds. The molecule has 1 fully saturated rings. The first kappa shape index (κ1) is 17.7. The number of rotatable bonds is 4. The SMILES string of the molecule is CN=C(NC)NCc1cccc(NC(=O)C2CCC2)c1.I. The summed E-state index contributed by atoms with van der Waals surface area (Å²) >= 11 is 0. The molecule has 116 valence electrons. The molecule has 21 heavy (non-hydrogen) atoms. The molecule has 3 N–H and O–H groups in total. The van der Waals surface area contributed by atoms with Gasteiger partial charge in [0.05, 0.1) is 0 Å². The highest BCUT2D eigenvalue weighted by Crippen LogP contribution is 2.27. The normalized spacial score (nSPS) is 14.7. The molecular weight excluding hydrogens is 379 g/mol. The van der Waals surface area contributed by atoms with E-state index < -0.39 is 0 Å². The van der Waals surface area contributed by atoms with Gasteiger partial charge in [0.1, 0.15) is 0 Å². The Kier molecular flexibility index (Phi) is 7.49. The molecule has 5 nitrogen and oxygen atoms in total. The molecule has 0 heterocycles. The van der Waals surface area contributed by atoms with Crippen LogP contribution in [0.5, 0.6) is 0 Å². The van der Waals surface area contributed by atoms with E-state index in [1.54, 1.807) is 7.05 Å². The summed E-state index contributed by atoms with van der Waals surface area (Å²) in [4.78, 5) is 16.0. The van der Waals surface area contributed by atoms with Crippen molar-refractivity contribution in [3.05, 3.63) is 29.8 Å². The molecule has 1 aromatic carbocycles. The van der Waals surface area contributed by atoms with E-state index in [0.29, 0.717) is 6.54 Å². The number of halogens is 1. The molecule has 1 saturated carbocycles. The van der Waals surface area contributed by atoms with Crippen molar-refractivity contribution in [3.63, 3.8) is 0 Å². The van der Waals surface area contributed by atoms with Crippen LogP contribution in [0.4, 0.5) is 5.69 Å². The molecule has 6 heteroatoms. The van der Waals surface area contributed by atoms with Crippen LogP contribution in [0.1, 0.15) is 24.8 Å². The number of carbonyl (C=O) groups excluding carboxylic acids is 1. The van der Waals surface area contributed by atoms with E-state index in [-0.39, 0.29) is 35.8 Å². The maximum atomic E-state index is 11.9. The topological polar surface area (TPSA) is 65.5 Å². The van der Waals surface area contributed by atoms with E-state index in [9.17, 15) is 4.79 Å². The van der Waals surface area contributed by atoms with E-state index in [4.69, 9.17) is 0 Å². The van der Waals surface area contributed by atoms with Crippen molar-refractivity contribution in [1.29, 1.82) is 0 Å². The number of guanidine groups is 1. The molecule has 0 unspecified atom stereocenters. The van der Waals surface area contributed by atoms with Crippen LogP contribution < -0.4 is 16.0 Å². The minimum absolute atomic E-state index is 0. The van der Waals surface area contributed by atoms with Gasteiger partial charge in [0, 0.05) is 32.2 Å². The summed E-state index contributed by atoms with van der Waals surface area (Å²) in [6.45, 7) is 0.667. The van der Waals surface area contributed by atoms with Crippen LogP contribution >= 0.6 is 24.0 Å². The Morgan fingerprint density at radius 2 is 2.14 bits per heavy atom. The summed E-state index contributed by atoms with van der Waals surface area (Å²) in [7, 11) is 3.55. The minimum Gasteiger partial charge on any atom is -0.359 e. The summed E-state index contributed by atoms with van der Waals surface area (Å²) < 4.78 is 0. The summed E-state index contributed by atoms with van der Waals surface area (Å²) in [6.07, 6.45) is 3.21. The summed E-state index contributed by atoms with van der Waals surface area (Å²) in [5.41, 5.74) is 1.97. The molecule has 0 saturated heterocycles. The highest BCUT2D eigenvalue weighted by atomic mass is 127. The first-order valence-corrected chi connectivity index (χ1v) is 7.01. The first-order chi connectivity index (χ1) is 9.72. The Morgan fingerprint density at radius 3 is 2.71 bits per heavy atom. The van der Waals surface area contributed by atoms with Crippen LogP contribution in [0.3, 0.4) is 0 Å². The van der Waals surface area contributed by atoms with E-state index in [1.165, 1.54) is 6.42 Å². The summed E-state index contributed by atoms with van der Waals surface area (Å²) in [5.74, 6) is 1.10. The molecule has 0 radical (unpaired) electrons. The summed E-state index contributed by atoms with van der Waals surface area (Å²) in [6, 6.07) is 7.89. The van der Waals surface area contributed by atoms with Gasteiger partial charge >= 0.3 is 0 Å². The van der Waals surface area contributed by atoms with E-state index >= 15 is 0 Å². The third kappa shape index (κ3) is 5.18. The molecule has 0 aromatic heterocycles. The van der Waals surface area contributed by atoms with Crippen LogP contribution in [0, 0.1) is 5.92 Å². The third-order valence-electron chi connectivity index (χ3n) is 3.59. The summed E-state index contributed by atoms with van der Waals surface area (Å²) in [5, 5.41) is 9.14. The lowest BCUT2D eigenvalue weighted by atomic mass is 9.85. The zero-order valence-corrected chi connectivity index (χ0v) is 14.8. The number of benzene rings is 1. The lowest BCUT2D eigenvalue weighted by Gasteiger charge is -2.24. The molecule has 1 aromatic rings. The fraction of sp³-hybridized carbons (Fsp3) is 0.467. The van der Waals surface area contributed by atoms with E-state index in [2.05, 4.69) is 20.9 Å². The predicted molar refractivity (Wildman–Crippen MR) is 97.1 cm³/mol. The lowest BCUT2D eigenvalue weighted by Crippen LogP contribution is -2.34. The fourth-order valence-electron chi connectivity index (χ4n) is 2.14. The second kappa shape index (κ2) is 8.86. The Morgan fingerprint density at radius 1 is 1.38 bits per heavy atom. The van der Waals surface area contributed by atoms with Gasteiger partial charge in [-0.1, -0.05) is 18.6 Å². The average Bonchev–Trinajstić information content (AvgIpc) is 2.38. The number of anilines is 1. The fourth-order valence-corrected chi connectivity index (χ4v) is 2.14. The first-order valence-electron chi connectivity index (χ1n) is 7.01. The van der Waals surface area contributed by atoms with Crippen LogP contribution in [-0.2, 0) is 11.3 Å². The molecule has 0 aliphatic heterocycles. The quantitative estimate of drug-likeness (QED) is 0.412. The van der Waals surface area contributed by atoms with Gasteiger partial charge in [-0.2, -0.15) is 0 Å². The van der Waals surface area contributed by atoms with Gasteiger partial charge in [0.15, 0.2) is 5.96 Å². The van der Waals surface area contributed by atoms with Crippen LogP contribution in [0.25, 0.3) is 0 Å². The van der Waals surface area contributed by atoms with Crippen molar-refractivity contribution in [1.82, 2.24) is 10.6 Å². The molecule has 1 aliphatic rings. The van der Waals surface area contributed by atoms with Gasteiger partial charge in [0.2, 0.25) is 5.91 Å². The number of nitrogens with zero attached hydrogens (tertiary/aromatic N) is 1. The number of amides is 1. The van der Waals surface area contributed by atoms with Gasteiger partial charge in [-0.25, -0.2) is 0 Å². The number of hydrogen-bond donors (Lipinski definition) is 3. The van der Waals surface area contributed by atoms with Crippen molar-refractivity contribution in [2.24, 2.45) is 10.9 Å². The van der Waals surface area contributed by atoms with Gasteiger partial charge in [-0.3, -0.25) is 9.79 Å². The molecule has 0 spiro atoms. The molecule has 1 aliphatic carbocycles. The largest absolute Gasteiger partial charge is 0.359 e. The highest BCUT2D eigenvalue weighted by molar-refractivity contribution is 14.0. The van der Waals surface area contributed by atoms with Crippen molar-refractivity contribution < 1.29 is 4.79 Å². The Hall–Kier alpha value is -1.31. The monoisotopic (exact) mass is 402 g/mol. The minimum atomic E-state index is 0. The van der Waals surface area contributed by atoms with Gasteiger partial charge in [-0.05, 0) is 30.5 Å². The Labute approximate surface area is 143 Å². The second-order valence-corrected chi connectivity index (χ2v) is 4.99. The van der Waals surface area contributed by atoms with E-state index in [1.807, 2.05) is 31.3 Å². The average molecular weight is 402 g/mol. The Balaban J connectivity index is 0.00000220. The number of aliphatic imine (C=N–C) groups is 1. The van der Waals surface area contributed by atoms with Crippen molar-refractivity contribution in [2.75, 3.05) is 19.4 Å². The van der Waals surface area contributed by atoms with Crippen LogP contribution in [-0.4, -0.2) is 26.0 Å². The number of carbonyl (C=O) groups is 1. The zero-order valence-electron chi connectivity index (χ0n) is 12.5. The molecule has 0 atom stereocenters. The number of nitrogens with one attached hydrogen (secondary N) is 3.